The van der Waals surface area contributed by atoms with Gasteiger partial charge in [0.1, 0.15) is 0 Å². The summed E-state index contributed by atoms with van der Waals surface area (Å²) < 4.78 is 0. The van der Waals surface area contributed by atoms with E-state index in [1.807, 2.05) is 24.4 Å². The van der Waals surface area contributed by atoms with Crippen LogP contribution in [0.15, 0.2) is 23.6 Å². The Morgan fingerprint density at radius 3 is 2.71 bits per heavy atom. The van der Waals surface area contributed by atoms with Crippen molar-refractivity contribution in [2.24, 2.45) is 0 Å². The van der Waals surface area contributed by atoms with E-state index in [0.717, 1.165) is 4.88 Å². The van der Waals surface area contributed by atoms with Gasteiger partial charge in [0.15, 0.2) is 0 Å². The third kappa shape index (κ3) is 2.76. The topological polar surface area (TPSA) is 29.1 Å². The summed E-state index contributed by atoms with van der Waals surface area (Å²) in [6.07, 6.45) is 0. The molecule has 2 aromatic heterocycles. The minimum absolute atomic E-state index is 0.00996. The Hall–Kier alpha value is -1.13. The molecule has 4 heteroatoms. The molecule has 90 valence electrons. The first kappa shape index (κ1) is 12.3. The Labute approximate surface area is 109 Å². The highest BCUT2D eigenvalue weighted by molar-refractivity contribution is 7.12. The molecule has 1 atom stereocenters. The zero-order valence-corrected chi connectivity index (χ0v) is 11.7. The Kier molecular flexibility index (Phi) is 3.64. The quantitative estimate of drug-likeness (QED) is 0.895. The van der Waals surface area contributed by atoms with Crippen LogP contribution in [0.4, 0.5) is 0 Å². The second-order valence-electron chi connectivity index (χ2n) is 4.04. The maximum Gasteiger partial charge on any atom is 0.261 e. The maximum atomic E-state index is 11.9. The van der Waals surface area contributed by atoms with Gasteiger partial charge in [0.2, 0.25) is 0 Å². The second-order valence-corrected chi connectivity index (χ2v) is 6.45. The fourth-order valence-corrected chi connectivity index (χ4v) is 3.48. The van der Waals surface area contributed by atoms with Crippen molar-refractivity contribution in [2.75, 3.05) is 0 Å². The van der Waals surface area contributed by atoms with Gasteiger partial charge < -0.3 is 5.32 Å². The van der Waals surface area contributed by atoms with Crippen molar-refractivity contribution in [3.63, 3.8) is 0 Å². The van der Waals surface area contributed by atoms with Crippen LogP contribution in [0.3, 0.4) is 0 Å². The monoisotopic (exact) mass is 265 g/mol. The molecule has 0 bridgehead atoms. The number of hydrogen-bond acceptors (Lipinski definition) is 3. The largest absolute Gasteiger partial charge is 0.345 e. The number of rotatable bonds is 3. The number of carbonyl (C=O) groups is 1. The zero-order chi connectivity index (χ0) is 12.4. The number of thiophene rings is 2. The second kappa shape index (κ2) is 5.02. The Bertz CT molecular complexity index is 514. The molecule has 0 aliphatic heterocycles. The Balaban J connectivity index is 2.09. The van der Waals surface area contributed by atoms with Gasteiger partial charge in [-0.1, -0.05) is 6.07 Å². The van der Waals surface area contributed by atoms with Crippen molar-refractivity contribution < 1.29 is 4.79 Å². The van der Waals surface area contributed by atoms with Crippen LogP contribution >= 0.6 is 22.7 Å². The van der Waals surface area contributed by atoms with Crippen molar-refractivity contribution in [1.82, 2.24) is 5.32 Å². The van der Waals surface area contributed by atoms with Crippen LogP contribution in [0.1, 0.15) is 38.0 Å². The van der Waals surface area contributed by atoms with E-state index in [9.17, 15) is 4.79 Å². The number of aryl methyl sites for hydroxylation is 2. The predicted octanol–water partition coefficient (Wildman–Crippen LogP) is 3.92. The first-order chi connectivity index (χ1) is 8.08. The molecule has 0 unspecified atom stereocenters. The SMILES string of the molecule is Cc1cc([C@@H](C)NC(=O)c2cccs2)c(C)s1. The van der Waals surface area contributed by atoms with Crippen LogP contribution in [0.5, 0.6) is 0 Å². The van der Waals surface area contributed by atoms with Gasteiger partial charge >= 0.3 is 0 Å². The molecule has 2 nitrogen and oxygen atoms in total. The molecule has 1 N–H and O–H groups in total. The van der Waals surface area contributed by atoms with Gasteiger partial charge in [0, 0.05) is 9.75 Å². The minimum atomic E-state index is 0.00996. The molecule has 0 saturated heterocycles. The summed E-state index contributed by atoms with van der Waals surface area (Å²) in [4.78, 5) is 15.2. The lowest BCUT2D eigenvalue weighted by atomic mass is 10.1. The highest BCUT2D eigenvalue weighted by Crippen LogP contribution is 2.26. The summed E-state index contributed by atoms with van der Waals surface area (Å²) in [7, 11) is 0. The van der Waals surface area contributed by atoms with Crippen molar-refractivity contribution in [3.8, 4) is 0 Å². The van der Waals surface area contributed by atoms with Gasteiger partial charge in [-0.15, -0.1) is 22.7 Å². The summed E-state index contributed by atoms with van der Waals surface area (Å²) >= 11 is 3.24. The lowest BCUT2D eigenvalue weighted by Gasteiger charge is -2.13. The van der Waals surface area contributed by atoms with Gasteiger partial charge in [-0.3, -0.25) is 4.79 Å². The summed E-state index contributed by atoms with van der Waals surface area (Å²) in [6.45, 7) is 6.22. The molecule has 17 heavy (non-hydrogen) atoms. The summed E-state index contributed by atoms with van der Waals surface area (Å²) in [5, 5.41) is 4.95. The van der Waals surface area contributed by atoms with Gasteiger partial charge in [0.25, 0.3) is 5.91 Å². The Morgan fingerprint density at radius 2 is 2.18 bits per heavy atom. The third-order valence-corrected chi connectivity index (χ3v) is 4.49. The lowest BCUT2D eigenvalue weighted by molar-refractivity contribution is 0.0944. The average molecular weight is 265 g/mol. The molecule has 0 aliphatic carbocycles. The normalized spacial score (nSPS) is 12.4. The van der Waals surface area contributed by atoms with Crippen LogP contribution in [-0.2, 0) is 0 Å². The molecular formula is C13H15NOS2. The molecule has 0 aliphatic rings. The molecule has 1 amide bonds. The average Bonchev–Trinajstić information content (AvgIpc) is 2.87. The molecule has 2 aromatic rings. The van der Waals surface area contributed by atoms with E-state index < -0.39 is 0 Å². The van der Waals surface area contributed by atoms with Crippen LogP contribution in [0.2, 0.25) is 0 Å². The zero-order valence-electron chi connectivity index (χ0n) is 10.1. The smallest absolute Gasteiger partial charge is 0.261 e. The first-order valence-corrected chi connectivity index (χ1v) is 7.19. The summed E-state index contributed by atoms with van der Waals surface area (Å²) in [5.41, 5.74) is 1.22. The summed E-state index contributed by atoms with van der Waals surface area (Å²) in [5.74, 6) is 0.00996. The van der Waals surface area contributed by atoms with E-state index in [1.54, 1.807) is 11.3 Å². The van der Waals surface area contributed by atoms with Gasteiger partial charge in [-0.2, -0.15) is 0 Å². The predicted molar refractivity (Wildman–Crippen MR) is 74.0 cm³/mol. The molecular weight excluding hydrogens is 250 g/mol. The molecule has 0 radical (unpaired) electrons. The molecule has 0 saturated carbocycles. The van der Waals surface area contributed by atoms with E-state index >= 15 is 0 Å². The van der Waals surface area contributed by atoms with Crippen molar-refractivity contribution in [3.05, 3.63) is 43.8 Å². The summed E-state index contributed by atoms with van der Waals surface area (Å²) in [6, 6.07) is 5.96. The highest BCUT2D eigenvalue weighted by atomic mass is 32.1. The Morgan fingerprint density at radius 1 is 1.41 bits per heavy atom. The van der Waals surface area contributed by atoms with Crippen LogP contribution in [0.25, 0.3) is 0 Å². The molecule has 0 aromatic carbocycles. The van der Waals surface area contributed by atoms with Gasteiger partial charge in [0.05, 0.1) is 10.9 Å². The highest BCUT2D eigenvalue weighted by Gasteiger charge is 2.15. The first-order valence-electron chi connectivity index (χ1n) is 5.49. The molecule has 0 spiro atoms. The number of hydrogen-bond donors (Lipinski definition) is 1. The minimum Gasteiger partial charge on any atom is -0.345 e. The molecule has 2 rings (SSSR count). The van der Waals surface area contributed by atoms with Gasteiger partial charge in [-0.05, 0) is 43.8 Å². The standard InChI is InChI=1S/C13H15NOS2/c1-8-7-11(10(3)17-8)9(2)14-13(15)12-5-4-6-16-12/h4-7,9H,1-3H3,(H,14,15)/t9-/m1/s1. The van der Waals surface area contributed by atoms with Crippen molar-refractivity contribution >= 4 is 28.6 Å². The van der Waals surface area contributed by atoms with E-state index in [4.69, 9.17) is 0 Å². The van der Waals surface area contributed by atoms with Gasteiger partial charge in [-0.25, -0.2) is 0 Å². The fraction of sp³-hybridized carbons (Fsp3) is 0.308. The maximum absolute atomic E-state index is 11.9. The fourth-order valence-electron chi connectivity index (χ4n) is 1.83. The molecule has 2 heterocycles. The lowest BCUT2D eigenvalue weighted by Crippen LogP contribution is -2.25. The number of nitrogens with one attached hydrogen (secondary N) is 1. The third-order valence-electron chi connectivity index (χ3n) is 2.64. The van der Waals surface area contributed by atoms with E-state index in [1.165, 1.54) is 26.7 Å². The van der Waals surface area contributed by atoms with Crippen LogP contribution < -0.4 is 5.32 Å². The van der Waals surface area contributed by atoms with Crippen LogP contribution in [-0.4, -0.2) is 5.91 Å². The van der Waals surface area contributed by atoms with Crippen molar-refractivity contribution in [2.45, 2.75) is 26.8 Å². The van der Waals surface area contributed by atoms with E-state index in [0.29, 0.717) is 0 Å². The number of carbonyl (C=O) groups excluding carboxylic acids is 1. The number of amides is 1. The van der Waals surface area contributed by atoms with Crippen molar-refractivity contribution in [1.29, 1.82) is 0 Å². The van der Waals surface area contributed by atoms with E-state index in [2.05, 4.69) is 25.2 Å². The van der Waals surface area contributed by atoms with E-state index in [-0.39, 0.29) is 11.9 Å². The van der Waals surface area contributed by atoms with Crippen LogP contribution in [0, 0.1) is 13.8 Å². The molecule has 0 fully saturated rings.